The maximum absolute atomic E-state index is 13.3. The zero-order chi connectivity index (χ0) is 24.8. The van der Waals surface area contributed by atoms with Crippen molar-refractivity contribution < 1.29 is 9.59 Å². The lowest BCUT2D eigenvalue weighted by molar-refractivity contribution is -0.114. The van der Waals surface area contributed by atoms with E-state index in [2.05, 4.69) is 22.0 Å². The van der Waals surface area contributed by atoms with Crippen LogP contribution in [0.4, 0.5) is 11.4 Å². The number of amides is 2. The lowest BCUT2D eigenvalue weighted by atomic mass is 9.86. The summed E-state index contributed by atoms with van der Waals surface area (Å²) in [6.45, 7) is 3.79. The maximum Gasteiger partial charge on any atom is 0.254 e. The molecule has 8 heteroatoms. The van der Waals surface area contributed by atoms with Crippen molar-refractivity contribution in [2.45, 2.75) is 19.8 Å². The van der Waals surface area contributed by atoms with Crippen LogP contribution in [-0.4, -0.2) is 17.6 Å². The Kier molecular flexibility index (Phi) is 7.70. The van der Waals surface area contributed by atoms with E-state index in [1.54, 1.807) is 0 Å². The highest BCUT2D eigenvalue weighted by Crippen LogP contribution is 2.42. The first-order chi connectivity index (χ1) is 17.0. The molecule has 3 N–H and O–H groups in total. The molecule has 4 rings (SSSR count). The van der Waals surface area contributed by atoms with Gasteiger partial charge in [-0.2, -0.15) is 5.26 Å². The largest absolute Gasteiger partial charge is 0.353 e. The lowest BCUT2D eigenvalue weighted by Gasteiger charge is -2.29. The third kappa shape index (κ3) is 5.83. The van der Waals surface area contributed by atoms with Crippen LogP contribution in [0, 0.1) is 18.3 Å². The third-order valence-electron chi connectivity index (χ3n) is 5.40. The molecule has 0 saturated carbocycles. The Bertz CT molecular complexity index is 1340. The topological polar surface area (TPSA) is 94.0 Å². The van der Waals surface area contributed by atoms with Gasteiger partial charge < -0.3 is 16.0 Å². The Balaban J connectivity index is 1.58. The number of thioether (sulfide) groups is 1. The number of thiophene rings is 1. The van der Waals surface area contributed by atoms with Gasteiger partial charge in [0, 0.05) is 27.5 Å². The van der Waals surface area contributed by atoms with Crippen molar-refractivity contribution in [2.24, 2.45) is 0 Å². The van der Waals surface area contributed by atoms with Crippen molar-refractivity contribution in [3.8, 4) is 6.07 Å². The molecule has 0 bridgehead atoms. The number of hydrogen-bond donors (Lipinski definition) is 3. The van der Waals surface area contributed by atoms with E-state index >= 15 is 0 Å². The molecule has 1 atom stereocenters. The zero-order valence-electron chi connectivity index (χ0n) is 19.3. The van der Waals surface area contributed by atoms with Gasteiger partial charge in [-0.25, -0.2) is 0 Å². The fourth-order valence-corrected chi connectivity index (χ4v) is 5.58. The number of dihydropyridines is 1. The molecule has 2 aromatic carbocycles. The van der Waals surface area contributed by atoms with Gasteiger partial charge in [0.25, 0.3) is 5.91 Å². The van der Waals surface area contributed by atoms with Gasteiger partial charge >= 0.3 is 0 Å². The summed E-state index contributed by atoms with van der Waals surface area (Å²) in [7, 11) is 0. The van der Waals surface area contributed by atoms with Crippen LogP contribution in [0.3, 0.4) is 0 Å². The summed E-state index contributed by atoms with van der Waals surface area (Å²) < 4.78 is 0. The number of carbonyl (C=O) groups excluding carboxylic acids is 2. The number of allylic oxidation sites excluding steroid dienone is 2. The van der Waals surface area contributed by atoms with Crippen LogP contribution in [0.1, 0.15) is 23.3 Å². The number of benzene rings is 2. The Morgan fingerprint density at radius 2 is 1.80 bits per heavy atom. The van der Waals surface area contributed by atoms with Gasteiger partial charge in [0.1, 0.15) is 0 Å². The smallest absolute Gasteiger partial charge is 0.254 e. The van der Waals surface area contributed by atoms with Crippen LogP contribution in [-0.2, 0) is 9.59 Å². The molecule has 176 valence electrons. The normalized spacial score (nSPS) is 15.3. The van der Waals surface area contributed by atoms with E-state index < -0.39 is 5.92 Å². The number of carbonyl (C=O) groups is 2. The molecule has 1 aliphatic rings. The van der Waals surface area contributed by atoms with Gasteiger partial charge in [0.15, 0.2) is 0 Å². The minimum atomic E-state index is -0.521. The van der Waals surface area contributed by atoms with Crippen LogP contribution in [0.2, 0.25) is 0 Å². The first-order valence-electron chi connectivity index (χ1n) is 11.0. The molecule has 2 amide bonds. The molecule has 0 fully saturated rings. The van der Waals surface area contributed by atoms with Crippen molar-refractivity contribution in [2.75, 3.05) is 16.4 Å². The molecule has 0 saturated heterocycles. The average Bonchev–Trinajstić information content (AvgIpc) is 3.37. The number of nitrogens with one attached hydrogen (secondary N) is 3. The third-order valence-corrected chi connectivity index (χ3v) is 7.36. The van der Waals surface area contributed by atoms with Gasteiger partial charge in [-0.3, -0.25) is 9.59 Å². The molecule has 35 heavy (non-hydrogen) atoms. The van der Waals surface area contributed by atoms with Gasteiger partial charge in [-0.1, -0.05) is 48.2 Å². The van der Waals surface area contributed by atoms with Crippen LogP contribution in [0.15, 0.2) is 94.0 Å². The molecule has 3 aromatic rings. The number of nitrogens with zero attached hydrogens (tertiary/aromatic N) is 1. The van der Waals surface area contributed by atoms with Crippen molar-refractivity contribution in [3.63, 3.8) is 0 Å². The van der Waals surface area contributed by atoms with Crippen molar-refractivity contribution in [3.05, 3.63) is 104 Å². The fourth-order valence-electron chi connectivity index (χ4n) is 3.85. The SMILES string of the molecule is CC1=C(C(=O)Nc2ccccc2)C(c2cccs2)C(C#N)=C(SCC(=O)Nc2cccc(C)c2)N1. The molecule has 1 aromatic heterocycles. The van der Waals surface area contributed by atoms with Crippen LogP contribution >= 0.6 is 23.1 Å². The highest BCUT2D eigenvalue weighted by atomic mass is 32.2. The summed E-state index contributed by atoms with van der Waals surface area (Å²) >= 11 is 2.75. The second-order valence-electron chi connectivity index (χ2n) is 7.99. The average molecular weight is 501 g/mol. The lowest BCUT2D eigenvalue weighted by Crippen LogP contribution is -2.30. The summed E-state index contributed by atoms with van der Waals surface area (Å²) in [6, 6.07) is 22.9. The predicted octanol–water partition coefficient (Wildman–Crippen LogP) is 5.76. The molecular formula is C27H24N4O2S2. The summed E-state index contributed by atoms with van der Waals surface area (Å²) in [5.74, 6) is -0.841. The minimum Gasteiger partial charge on any atom is -0.353 e. The quantitative estimate of drug-likeness (QED) is 0.383. The van der Waals surface area contributed by atoms with E-state index in [9.17, 15) is 14.9 Å². The van der Waals surface area contributed by atoms with Gasteiger partial charge in [0.05, 0.1) is 28.3 Å². The maximum atomic E-state index is 13.3. The summed E-state index contributed by atoms with van der Waals surface area (Å²) in [5, 5.41) is 21.7. The summed E-state index contributed by atoms with van der Waals surface area (Å²) in [4.78, 5) is 26.8. The van der Waals surface area contributed by atoms with Crippen LogP contribution < -0.4 is 16.0 Å². The number of rotatable bonds is 7. The van der Waals surface area contributed by atoms with E-state index in [1.165, 1.54) is 23.1 Å². The molecule has 2 heterocycles. The first kappa shape index (κ1) is 24.3. The van der Waals surface area contributed by atoms with Crippen LogP contribution in [0.25, 0.3) is 0 Å². The number of nitriles is 1. The Morgan fingerprint density at radius 3 is 2.49 bits per heavy atom. The summed E-state index contributed by atoms with van der Waals surface area (Å²) in [6.07, 6.45) is 0. The van der Waals surface area contributed by atoms with Crippen molar-refractivity contribution in [1.29, 1.82) is 5.26 Å². The number of aryl methyl sites for hydroxylation is 1. The Labute approximate surface area is 212 Å². The van der Waals surface area contributed by atoms with E-state index in [0.717, 1.165) is 16.1 Å². The highest BCUT2D eigenvalue weighted by Gasteiger charge is 2.35. The van der Waals surface area contributed by atoms with Gasteiger partial charge in [-0.05, 0) is 55.1 Å². The van der Waals surface area contributed by atoms with E-state index in [1.807, 2.05) is 86.0 Å². The number of hydrogen-bond acceptors (Lipinski definition) is 6. The molecule has 1 unspecified atom stereocenters. The molecule has 0 spiro atoms. The second kappa shape index (κ2) is 11.1. The highest BCUT2D eigenvalue weighted by molar-refractivity contribution is 8.03. The molecular weight excluding hydrogens is 476 g/mol. The molecule has 0 radical (unpaired) electrons. The number of anilines is 2. The van der Waals surface area contributed by atoms with E-state index in [4.69, 9.17) is 0 Å². The molecule has 6 nitrogen and oxygen atoms in total. The molecule has 1 aliphatic heterocycles. The van der Waals surface area contributed by atoms with Crippen LogP contribution in [0.5, 0.6) is 0 Å². The Hall–Kier alpha value is -3.80. The van der Waals surface area contributed by atoms with Crippen molar-refractivity contribution >= 4 is 46.3 Å². The van der Waals surface area contributed by atoms with E-state index in [-0.39, 0.29) is 17.6 Å². The predicted molar refractivity (Wildman–Crippen MR) is 143 cm³/mol. The summed E-state index contributed by atoms with van der Waals surface area (Å²) in [5.41, 5.74) is 4.02. The fraction of sp³-hybridized carbons (Fsp3) is 0.148. The number of para-hydroxylation sites is 1. The van der Waals surface area contributed by atoms with Crippen molar-refractivity contribution in [1.82, 2.24) is 5.32 Å². The Morgan fingerprint density at radius 1 is 1.03 bits per heavy atom. The van der Waals surface area contributed by atoms with Gasteiger partial charge in [-0.15, -0.1) is 11.3 Å². The first-order valence-corrected chi connectivity index (χ1v) is 12.8. The molecule has 0 aliphatic carbocycles. The minimum absolute atomic E-state index is 0.122. The second-order valence-corrected chi connectivity index (χ2v) is 9.96. The standard InChI is InChI=1S/C27H24N4O2S2/c1-17-8-6-11-20(14-17)30-23(32)16-35-27-21(15-28)25(22-12-7-13-34-22)24(18(2)29-27)26(33)31-19-9-4-3-5-10-19/h3-14,25,29H,16H2,1-2H3,(H,30,32)(H,31,33). The van der Waals surface area contributed by atoms with Gasteiger partial charge in [0.2, 0.25) is 5.91 Å². The zero-order valence-corrected chi connectivity index (χ0v) is 20.9. The monoisotopic (exact) mass is 500 g/mol. The van der Waals surface area contributed by atoms with E-state index in [0.29, 0.717) is 27.6 Å².